The average molecular weight is 586 g/mol. The molecule has 1 atom stereocenters. The number of methoxy groups -OCH3 is 1. The van der Waals surface area contributed by atoms with E-state index in [9.17, 15) is 14.0 Å². The fraction of sp³-hybridized carbons (Fsp3) is 0.161. The monoisotopic (exact) mass is 585 g/mol. The quantitative estimate of drug-likeness (QED) is 0.204. The van der Waals surface area contributed by atoms with Gasteiger partial charge in [-0.15, -0.1) is 11.3 Å². The molecule has 0 fully saturated rings. The number of H-pyrrole nitrogens is 1. The number of ether oxygens (including phenoxy) is 1. The van der Waals surface area contributed by atoms with Crippen molar-refractivity contribution in [2.24, 2.45) is 0 Å². The topological polar surface area (TPSA) is 109 Å². The second-order valence-electron chi connectivity index (χ2n) is 9.83. The van der Waals surface area contributed by atoms with Gasteiger partial charge in [-0.25, -0.2) is 13.8 Å². The molecule has 1 aliphatic rings. The van der Waals surface area contributed by atoms with Gasteiger partial charge in [0.2, 0.25) is 5.91 Å². The fourth-order valence-electron chi connectivity index (χ4n) is 5.22. The number of carbonyl (C=O) groups is 2. The van der Waals surface area contributed by atoms with Crippen molar-refractivity contribution in [3.8, 4) is 39.5 Å². The third-order valence-electron chi connectivity index (χ3n) is 7.25. The Hall–Kier alpha value is -4.90. The summed E-state index contributed by atoms with van der Waals surface area (Å²) in [6, 6.07) is 10.7. The predicted molar refractivity (Wildman–Crippen MR) is 157 cm³/mol. The molecule has 0 unspecified atom stereocenters. The molecule has 0 saturated carbocycles. The van der Waals surface area contributed by atoms with Gasteiger partial charge in [0, 0.05) is 45.5 Å². The van der Waals surface area contributed by atoms with Gasteiger partial charge in [-0.05, 0) is 54.6 Å². The van der Waals surface area contributed by atoms with E-state index in [2.05, 4.69) is 27.4 Å². The van der Waals surface area contributed by atoms with Crippen molar-refractivity contribution in [3.05, 3.63) is 89.0 Å². The SMILES string of the molecule is C=CC(=O)N[C@H](C)c1cc(-c2nc(-c3ccc4c(c3)CCNC4=O)c3ccsc3c2-c2c(F)cc(F)cc2OC)n[nH]1. The number of carbonyl (C=O) groups excluding carboxylic acids is 2. The lowest BCUT2D eigenvalue weighted by Gasteiger charge is -2.19. The second-order valence-corrected chi connectivity index (χ2v) is 10.7. The minimum Gasteiger partial charge on any atom is -0.496 e. The van der Waals surface area contributed by atoms with Gasteiger partial charge < -0.3 is 15.4 Å². The molecule has 8 nitrogen and oxygen atoms in total. The highest BCUT2D eigenvalue weighted by molar-refractivity contribution is 7.18. The second kappa shape index (κ2) is 10.8. The van der Waals surface area contributed by atoms with Gasteiger partial charge in [0.1, 0.15) is 28.8 Å². The molecular formula is C31H25F2N5O3S. The molecule has 0 radical (unpaired) electrons. The number of halogens is 2. The zero-order valence-corrected chi connectivity index (χ0v) is 23.5. The summed E-state index contributed by atoms with van der Waals surface area (Å²) in [5.41, 5.74) is 4.71. The van der Waals surface area contributed by atoms with E-state index in [0.717, 1.165) is 28.6 Å². The molecule has 11 heteroatoms. The number of pyridine rings is 1. The van der Waals surface area contributed by atoms with E-state index in [4.69, 9.17) is 9.72 Å². The highest BCUT2D eigenvalue weighted by Gasteiger charge is 2.27. The lowest BCUT2D eigenvalue weighted by Crippen LogP contribution is -2.31. The van der Waals surface area contributed by atoms with Crippen molar-refractivity contribution < 1.29 is 23.1 Å². The Bertz CT molecular complexity index is 1900. The highest BCUT2D eigenvalue weighted by atomic mass is 32.1. The first-order valence-corrected chi connectivity index (χ1v) is 14.0. The summed E-state index contributed by atoms with van der Waals surface area (Å²) in [6.45, 7) is 5.81. The Morgan fingerprint density at radius 2 is 2.00 bits per heavy atom. The van der Waals surface area contributed by atoms with E-state index in [1.807, 2.05) is 23.6 Å². The minimum atomic E-state index is -0.806. The van der Waals surface area contributed by atoms with Crippen LogP contribution in [0.5, 0.6) is 5.75 Å². The Morgan fingerprint density at radius 1 is 1.17 bits per heavy atom. The van der Waals surface area contributed by atoms with Crippen LogP contribution in [0, 0.1) is 11.6 Å². The van der Waals surface area contributed by atoms with Crippen LogP contribution in [0.15, 0.2) is 60.5 Å². The predicted octanol–water partition coefficient (Wildman–Crippen LogP) is 5.96. The Kier molecular flexibility index (Phi) is 7.03. The lowest BCUT2D eigenvalue weighted by molar-refractivity contribution is -0.117. The van der Waals surface area contributed by atoms with Gasteiger partial charge in [-0.3, -0.25) is 14.7 Å². The van der Waals surface area contributed by atoms with Crippen molar-refractivity contribution in [2.75, 3.05) is 13.7 Å². The van der Waals surface area contributed by atoms with E-state index in [0.29, 0.717) is 51.6 Å². The smallest absolute Gasteiger partial charge is 0.251 e. The molecule has 5 aromatic rings. The maximum absolute atomic E-state index is 15.6. The molecule has 212 valence electrons. The van der Waals surface area contributed by atoms with Crippen LogP contribution in [0.3, 0.4) is 0 Å². The molecule has 0 aliphatic carbocycles. The van der Waals surface area contributed by atoms with Crippen molar-refractivity contribution in [2.45, 2.75) is 19.4 Å². The zero-order chi connectivity index (χ0) is 29.5. The summed E-state index contributed by atoms with van der Waals surface area (Å²) in [4.78, 5) is 29.3. The molecule has 3 aromatic heterocycles. The molecule has 0 bridgehead atoms. The average Bonchev–Trinajstić information content (AvgIpc) is 3.67. The number of hydrogen-bond acceptors (Lipinski definition) is 6. The lowest BCUT2D eigenvalue weighted by atomic mass is 9.93. The van der Waals surface area contributed by atoms with Crippen LogP contribution in [0.1, 0.15) is 34.6 Å². The molecule has 6 rings (SSSR count). The van der Waals surface area contributed by atoms with Crippen molar-refractivity contribution in [3.63, 3.8) is 0 Å². The summed E-state index contributed by atoms with van der Waals surface area (Å²) < 4.78 is 36.0. The van der Waals surface area contributed by atoms with E-state index < -0.39 is 17.7 Å². The third kappa shape index (κ3) is 4.71. The maximum Gasteiger partial charge on any atom is 0.251 e. The number of nitrogens with one attached hydrogen (secondary N) is 3. The van der Waals surface area contributed by atoms with Crippen LogP contribution in [0.25, 0.3) is 43.9 Å². The summed E-state index contributed by atoms with van der Waals surface area (Å²) in [5.74, 6) is -2.03. The van der Waals surface area contributed by atoms with Gasteiger partial charge in [-0.2, -0.15) is 5.10 Å². The number of benzene rings is 2. The van der Waals surface area contributed by atoms with Gasteiger partial charge >= 0.3 is 0 Å². The molecule has 42 heavy (non-hydrogen) atoms. The number of amides is 2. The molecule has 4 heterocycles. The van der Waals surface area contributed by atoms with Crippen molar-refractivity contribution in [1.82, 2.24) is 25.8 Å². The van der Waals surface area contributed by atoms with Crippen LogP contribution >= 0.6 is 11.3 Å². The number of aromatic amines is 1. The van der Waals surface area contributed by atoms with Crippen LogP contribution in [0.4, 0.5) is 8.78 Å². The molecular weight excluding hydrogens is 560 g/mol. The van der Waals surface area contributed by atoms with E-state index in [1.165, 1.54) is 24.5 Å². The number of aromatic nitrogens is 3. The number of rotatable bonds is 7. The third-order valence-corrected chi connectivity index (χ3v) is 8.18. The highest BCUT2D eigenvalue weighted by Crippen LogP contribution is 2.47. The van der Waals surface area contributed by atoms with Crippen LogP contribution in [-0.2, 0) is 11.2 Å². The first-order valence-electron chi connectivity index (χ1n) is 13.1. The number of hydrogen-bond donors (Lipinski definition) is 3. The first-order chi connectivity index (χ1) is 20.3. The number of thiophene rings is 1. The largest absolute Gasteiger partial charge is 0.496 e. The van der Waals surface area contributed by atoms with Gasteiger partial charge in [0.15, 0.2) is 0 Å². The van der Waals surface area contributed by atoms with Crippen molar-refractivity contribution in [1.29, 1.82) is 0 Å². The van der Waals surface area contributed by atoms with E-state index in [1.54, 1.807) is 19.1 Å². The van der Waals surface area contributed by atoms with E-state index >= 15 is 4.39 Å². The first kappa shape index (κ1) is 27.3. The Balaban J connectivity index is 1.62. The molecule has 2 amide bonds. The Labute approximate surface area is 243 Å². The summed E-state index contributed by atoms with van der Waals surface area (Å²) >= 11 is 1.39. The Morgan fingerprint density at radius 3 is 2.79 bits per heavy atom. The van der Waals surface area contributed by atoms with Crippen LogP contribution < -0.4 is 15.4 Å². The summed E-state index contributed by atoms with van der Waals surface area (Å²) in [7, 11) is 1.35. The van der Waals surface area contributed by atoms with Crippen LogP contribution in [-0.4, -0.2) is 40.7 Å². The minimum absolute atomic E-state index is 0.0140. The van der Waals surface area contributed by atoms with Gasteiger partial charge in [-0.1, -0.05) is 12.6 Å². The van der Waals surface area contributed by atoms with Gasteiger partial charge in [0.05, 0.1) is 30.1 Å². The molecule has 3 N–H and O–H groups in total. The van der Waals surface area contributed by atoms with Crippen molar-refractivity contribution >= 4 is 33.2 Å². The van der Waals surface area contributed by atoms with Gasteiger partial charge in [0.25, 0.3) is 5.91 Å². The molecule has 1 aliphatic heterocycles. The zero-order valence-electron chi connectivity index (χ0n) is 22.7. The maximum atomic E-state index is 15.6. The summed E-state index contributed by atoms with van der Waals surface area (Å²) in [5, 5.41) is 15.7. The number of fused-ring (bicyclic) bond motifs is 2. The summed E-state index contributed by atoms with van der Waals surface area (Å²) in [6.07, 6.45) is 1.86. The van der Waals surface area contributed by atoms with E-state index in [-0.39, 0.29) is 23.1 Å². The molecule has 0 saturated heterocycles. The molecule has 2 aromatic carbocycles. The molecule has 0 spiro atoms. The number of nitrogens with zero attached hydrogens (tertiary/aromatic N) is 2. The normalized spacial score (nSPS) is 13.4. The van der Waals surface area contributed by atoms with Crippen LogP contribution in [0.2, 0.25) is 0 Å². The fourth-order valence-corrected chi connectivity index (χ4v) is 6.17. The standard InChI is InChI=1S/C31H25F2N5O3S/c1-4-25(39)35-15(2)22-14-23(38-37-22)29-27(26-21(33)12-18(32)13-24(26)41-3)30-20(8-10-42-30)28(36-29)17-5-6-19-16(11-17)7-9-34-31(19)40/h4-6,8,10-15H,1,7,9H2,2-3H3,(H,34,40)(H,35,39)(H,37,38)/t15-/m1/s1.